The molecule has 0 radical (unpaired) electrons. The lowest BCUT2D eigenvalue weighted by molar-refractivity contribution is 0.256. The van der Waals surface area contributed by atoms with E-state index in [1.807, 2.05) is 13.0 Å². The van der Waals surface area contributed by atoms with Crippen molar-refractivity contribution in [3.8, 4) is 0 Å². The number of nitrogens with two attached hydrogens (primary N) is 1. The summed E-state index contributed by atoms with van der Waals surface area (Å²) in [5.41, 5.74) is 6.62. The zero-order valence-corrected chi connectivity index (χ0v) is 10.6. The summed E-state index contributed by atoms with van der Waals surface area (Å²) < 4.78 is 0. The molecule has 0 aromatic carbocycles. The number of nitrogens with zero attached hydrogens (tertiary/aromatic N) is 3. The molecule has 4 nitrogen and oxygen atoms in total. The van der Waals surface area contributed by atoms with Gasteiger partial charge in [-0.15, -0.1) is 0 Å². The summed E-state index contributed by atoms with van der Waals surface area (Å²) in [6.07, 6.45) is 1.10. The van der Waals surface area contributed by atoms with Crippen molar-refractivity contribution in [1.82, 2.24) is 9.88 Å². The van der Waals surface area contributed by atoms with Crippen molar-refractivity contribution < 1.29 is 0 Å². The van der Waals surface area contributed by atoms with Crippen molar-refractivity contribution in [3.63, 3.8) is 0 Å². The van der Waals surface area contributed by atoms with Gasteiger partial charge in [-0.05, 0) is 38.6 Å². The minimum atomic E-state index is 0.791. The molecule has 0 aliphatic carbocycles. The van der Waals surface area contributed by atoms with E-state index < -0.39 is 0 Å². The second kappa shape index (κ2) is 5.98. The van der Waals surface area contributed by atoms with E-state index >= 15 is 0 Å². The summed E-state index contributed by atoms with van der Waals surface area (Å²) in [5, 5.41) is 0. The molecule has 2 heterocycles. The fourth-order valence-corrected chi connectivity index (χ4v) is 2.22. The average molecular weight is 234 g/mol. The van der Waals surface area contributed by atoms with Crippen LogP contribution in [0.2, 0.25) is 0 Å². The van der Waals surface area contributed by atoms with Gasteiger partial charge in [-0.25, -0.2) is 4.98 Å². The van der Waals surface area contributed by atoms with Crippen molar-refractivity contribution in [3.05, 3.63) is 23.9 Å². The predicted octanol–water partition coefficient (Wildman–Crippen LogP) is 0.861. The maximum atomic E-state index is 5.53. The van der Waals surface area contributed by atoms with Gasteiger partial charge in [0, 0.05) is 31.9 Å². The van der Waals surface area contributed by atoms with E-state index in [2.05, 4.69) is 26.9 Å². The Bertz CT molecular complexity index is 345. The van der Waals surface area contributed by atoms with Gasteiger partial charge in [0.2, 0.25) is 0 Å². The summed E-state index contributed by atoms with van der Waals surface area (Å²) >= 11 is 0. The summed E-state index contributed by atoms with van der Waals surface area (Å²) in [4.78, 5) is 9.42. The van der Waals surface area contributed by atoms with Gasteiger partial charge in [-0.1, -0.05) is 6.07 Å². The SMILES string of the molecule is Cc1cccc(N2CCN(CCCN)CC2)n1. The Balaban J connectivity index is 1.86. The zero-order chi connectivity index (χ0) is 12.1. The number of anilines is 1. The number of hydrogen-bond donors (Lipinski definition) is 1. The quantitative estimate of drug-likeness (QED) is 0.839. The minimum absolute atomic E-state index is 0.791. The molecule has 0 atom stereocenters. The van der Waals surface area contributed by atoms with E-state index in [4.69, 9.17) is 5.73 Å². The second-order valence-electron chi connectivity index (χ2n) is 4.61. The van der Waals surface area contributed by atoms with Crippen LogP contribution >= 0.6 is 0 Å². The van der Waals surface area contributed by atoms with Crippen LogP contribution in [0.4, 0.5) is 5.82 Å². The van der Waals surface area contributed by atoms with E-state index in [9.17, 15) is 0 Å². The third-order valence-corrected chi connectivity index (χ3v) is 3.25. The summed E-state index contributed by atoms with van der Waals surface area (Å²) in [5.74, 6) is 1.11. The highest BCUT2D eigenvalue weighted by atomic mass is 15.3. The van der Waals surface area contributed by atoms with E-state index in [1.165, 1.54) is 0 Å². The lowest BCUT2D eigenvalue weighted by Crippen LogP contribution is -2.47. The van der Waals surface area contributed by atoms with Crippen LogP contribution in [0, 0.1) is 6.92 Å². The normalized spacial score (nSPS) is 17.4. The molecule has 0 bridgehead atoms. The standard InChI is InChI=1S/C13H22N4/c1-12-4-2-5-13(15-12)17-10-8-16(9-11-17)7-3-6-14/h2,4-5H,3,6-11,14H2,1H3. The van der Waals surface area contributed by atoms with Gasteiger partial charge < -0.3 is 10.6 Å². The molecule has 0 spiro atoms. The van der Waals surface area contributed by atoms with Crippen LogP contribution in [0.5, 0.6) is 0 Å². The van der Waals surface area contributed by atoms with Gasteiger partial charge >= 0.3 is 0 Å². The zero-order valence-electron chi connectivity index (χ0n) is 10.6. The van der Waals surface area contributed by atoms with Crippen LogP contribution in [0.3, 0.4) is 0 Å². The molecular weight excluding hydrogens is 212 g/mol. The van der Waals surface area contributed by atoms with Crippen LogP contribution in [0.15, 0.2) is 18.2 Å². The molecule has 0 saturated carbocycles. The fraction of sp³-hybridized carbons (Fsp3) is 0.615. The van der Waals surface area contributed by atoms with Crippen molar-refractivity contribution in [2.45, 2.75) is 13.3 Å². The molecule has 1 saturated heterocycles. The fourth-order valence-electron chi connectivity index (χ4n) is 2.22. The summed E-state index contributed by atoms with van der Waals surface area (Å²) in [6.45, 7) is 8.35. The van der Waals surface area contributed by atoms with Crippen LogP contribution in [-0.2, 0) is 0 Å². The number of pyridine rings is 1. The van der Waals surface area contributed by atoms with Gasteiger partial charge in [0.05, 0.1) is 0 Å². The first-order valence-corrected chi connectivity index (χ1v) is 6.40. The van der Waals surface area contributed by atoms with E-state index in [1.54, 1.807) is 0 Å². The van der Waals surface area contributed by atoms with Crippen molar-refractivity contribution in [2.24, 2.45) is 5.73 Å². The smallest absolute Gasteiger partial charge is 0.128 e. The Morgan fingerprint density at radius 1 is 1.24 bits per heavy atom. The van der Waals surface area contributed by atoms with Crippen molar-refractivity contribution >= 4 is 5.82 Å². The third-order valence-electron chi connectivity index (χ3n) is 3.25. The number of hydrogen-bond acceptors (Lipinski definition) is 4. The molecule has 1 aromatic heterocycles. The Labute approximate surface area is 103 Å². The maximum Gasteiger partial charge on any atom is 0.128 e. The Morgan fingerprint density at radius 2 is 2.00 bits per heavy atom. The molecule has 1 aromatic rings. The number of rotatable bonds is 4. The summed E-state index contributed by atoms with van der Waals surface area (Å²) in [6, 6.07) is 6.22. The van der Waals surface area contributed by atoms with Crippen molar-refractivity contribution in [2.75, 3.05) is 44.2 Å². The average Bonchev–Trinajstić information content (AvgIpc) is 2.37. The number of aryl methyl sites for hydroxylation is 1. The maximum absolute atomic E-state index is 5.53. The van der Waals surface area contributed by atoms with E-state index in [0.717, 1.165) is 57.2 Å². The molecule has 17 heavy (non-hydrogen) atoms. The Kier molecular flexibility index (Phi) is 4.34. The van der Waals surface area contributed by atoms with Gasteiger partial charge in [0.15, 0.2) is 0 Å². The van der Waals surface area contributed by atoms with Crippen LogP contribution in [-0.4, -0.2) is 49.2 Å². The lowest BCUT2D eigenvalue weighted by Gasteiger charge is -2.35. The van der Waals surface area contributed by atoms with Gasteiger partial charge in [0.25, 0.3) is 0 Å². The number of aromatic nitrogens is 1. The molecule has 4 heteroatoms. The third kappa shape index (κ3) is 3.41. The number of piperazine rings is 1. The monoisotopic (exact) mass is 234 g/mol. The molecule has 94 valence electrons. The first-order valence-electron chi connectivity index (χ1n) is 6.40. The highest BCUT2D eigenvalue weighted by Gasteiger charge is 2.17. The molecule has 1 aliphatic heterocycles. The highest BCUT2D eigenvalue weighted by Crippen LogP contribution is 2.13. The van der Waals surface area contributed by atoms with Crippen molar-refractivity contribution in [1.29, 1.82) is 0 Å². The van der Waals surface area contributed by atoms with Crippen LogP contribution < -0.4 is 10.6 Å². The van der Waals surface area contributed by atoms with Crippen LogP contribution in [0.1, 0.15) is 12.1 Å². The second-order valence-corrected chi connectivity index (χ2v) is 4.61. The predicted molar refractivity (Wildman–Crippen MR) is 71.3 cm³/mol. The Morgan fingerprint density at radius 3 is 2.65 bits per heavy atom. The van der Waals surface area contributed by atoms with E-state index in [0.29, 0.717) is 0 Å². The van der Waals surface area contributed by atoms with E-state index in [-0.39, 0.29) is 0 Å². The van der Waals surface area contributed by atoms with Gasteiger partial charge in [-0.2, -0.15) is 0 Å². The minimum Gasteiger partial charge on any atom is -0.354 e. The summed E-state index contributed by atoms with van der Waals surface area (Å²) in [7, 11) is 0. The lowest BCUT2D eigenvalue weighted by atomic mass is 10.2. The van der Waals surface area contributed by atoms with Crippen LogP contribution in [0.25, 0.3) is 0 Å². The highest BCUT2D eigenvalue weighted by molar-refractivity contribution is 5.39. The first-order chi connectivity index (χ1) is 8.29. The molecular formula is C13H22N4. The Hall–Kier alpha value is -1.13. The molecule has 2 rings (SSSR count). The molecule has 1 fully saturated rings. The largest absolute Gasteiger partial charge is 0.354 e. The molecule has 1 aliphatic rings. The molecule has 2 N–H and O–H groups in total. The van der Waals surface area contributed by atoms with Gasteiger partial charge in [0.1, 0.15) is 5.82 Å². The first kappa shape index (κ1) is 12.3. The van der Waals surface area contributed by atoms with Gasteiger partial charge in [-0.3, -0.25) is 4.90 Å². The molecule has 0 unspecified atom stereocenters. The molecule has 0 amide bonds. The topological polar surface area (TPSA) is 45.4 Å².